The first kappa shape index (κ1) is 49.2. The van der Waals surface area contributed by atoms with Crippen LogP contribution in [0.1, 0.15) is 109 Å². The lowest BCUT2D eigenvalue weighted by atomic mass is 9.81. The van der Waals surface area contributed by atoms with Crippen LogP contribution >= 0.6 is 0 Å². The van der Waals surface area contributed by atoms with Crippen LogP contribution in [0.3, 0.4) is 0 Å². The molecule has 7 rings (SSSR count). The minimum absolute atomic E-state index is 0.0225. The van der Waals surface area contributed by atoms with Crippen LogP contribution in [0.25, 0.3) is 0 Å². The molecule has 0 radical (unpaired) electrons. The number of allylic oxidation sites excluding steroid dienone is 7. The Bertz CT molecular complexity index is 2790. The van der Waals surface area contributed by atoms with E-state index in [0.717, 1.165) is 69.9 Å². The Hall–Kier alpha value is -5.68. The van der Waals surface area contributed by atoms with E-state index >= 15 is 0 Å². The summed E-state index contributed by atoms with van der Waals surface area (Å²) in [6.07, 6.45) is 12.9. The highest BCUT2D eigenvalue weighted by Crippen LogP contribution is 2.48. The SMILES string of the molecule is CC1(C)C(/C=C/C2=C(Oc3ccc(CCC(=O)ON4C(=O)CCC4=O)cc3)C(=C/C=C3/N(CCCCS(=O)(=O)O)c4ccccc4C3(C)C)/CCC2)=[N+](CCCCS(=O)(=O)O)c2ccccc21. The van der Waals surface area contributed by atoms with Crippen LogP contribution in [0.4, 0.5) is 11.4 Å². The summed E-state index contributed by atoms with van der Waals surface area (Å²) in [5.74, 6) is -1.05. The molecule has 1 saturated heterocycles. The fraction of sp³-hybridized carbons (Fsp3) is 0.412. The second kappa shape index (κ2) is 20.3. The summed E-state index contributed by atoms with van der Waals surface area (Å²) >= 11 is 0. The first-order chi connectivity index (χ1) is 31.7. The van der Waals surface area contributed by atoms with Crippen molar-refractivity contribution in [3.63, 3.8) is 0 Å². The number of para-hydroxylation sites is 2. The van der Waals surface area contributed by atoms with Crippen molar-refractivity contribution >= 4 is 55.1 Å². The molecule has 0 atom stereocenters. The predicted octanol–water partition coefficient (Wildman–Crippen LogP) is 8.62. The van der Waals surface area contributed by atoms with Crippen molar-refractivity contribution in [3.8, 4) is 5.75 Å². The van der Waals surface area contributed by atoms with E-state index in [4.69, 9.17) is 9.57 Å². The van der Waals surface area contributed by atoms with Gasteiger partial charge in [-0.2, -0.15) is 21.4 Å². The Morgan fingerprint density at radius 2 is 1.39 bits per heavy atom. The number of rotatable bonds is 19. The monoisotopic (exact) mass is 954 g/mol. The van der Waals surface area contributed by atoms with Crippen LogP contribution in [0.2, 0.25) is 0 Å². The molecule has 3 aromatic rings. The molecule has 2 N–H and O–H groups in total. The molecule has 67 heavy (non-hydrogen) atoms. The Morgan fingerprint density at radius 3 is 2.07 bits per heavy atom. The van der Waals surface area contributed by atoms with Gasteiger partial charge >= 0.3 is 5.97 Å². The van der Waals surface area contributed by atoms with Crippen molar-refractivity contribution in [2.45, 2.75) is 109 Å². The lowest BCUT2D eigenvalue weighted by Gasteiger charge is -2.27. The Kier molecular flexibility index (Phi) is 14.9. The zero-order valence-corrected chi connectivity index (χ0v) is 40.2. The van der Waals surface area contributed by atoms with E-state index in [9.17, 15) is 40.3 Å². The number of imide groups is 1. The van der Waals surface area contributed by atoms with Crippen LogP contribution < -0.4 is 9.64 Å². The number of ether oxygens (including phenoxy) is 1. The summed E-state index contributed by atoms with van der Waals surface area (Å²) in [6.45, 7) is 9.82. The third kappa shape index (κ3) is 11.7. The van der Waals surface area contributed by atoms with Gasteiger partial charge in [-0.05, 0) is 111 Å². The van der Waals surface area contributed by atoms with Gasteiger partial charge in [-0.15, -0.1) is 5.06 Å². The number of benzene rings is 3. The molecule has 14 nitrogen and oxygen atoms in total. The molecular weight excluding hydrogens is 895 g/mol. The minimum Gasteiger partial charge on any atom is -0.457 e. The number of nitrogens with zero attached hydrogens (tertiary/aromatic N) is 3. The second-order valence-corrected chi connectivity index (χ2v) is 21.7. The van der Waals surface area contributed by atoms with Crippen molar-refractivity contribution in [3.05, 3.63) is 136 Å². The third-order valence-corrected chi connectivity index (χ3v) is 14.6. The van der Waals surface area contributed by atoms with Gasteiger partial charge in [-0.3, -0.25) is 18.7 Å². The number of anilines is 1. The maximum atomic E-state index is 12.5. The van der Waals surface area contributed by atoms with Gasteiger partial charge in [0.1, 0.15) is 18.1 Å². The summed E-state index contributed by atoms with van der Waals surface area (Å²) < 4.78 is 74.1. The number of hydrogen-bond acceptors (Lipinski definition) is 10. The fourth-order valence-electron chi connectivity index (χ4n) is 9.48. The first-order valence-corrected chi connectivity index (χ1v) is 26.1. The summed E-state index contributed by atoms with van der Waals surface area (Å²) in [5.41, 5.74) is 8.52. The van der Waals surface area contributed by atoms with Crippen molar-refractivity contribution in [1.82, 2.24) is 5.06 Å². The maximum Gasteiger partial charge on any atom is 0.333 e. The van der Waals surface area contributed by atoms with Crippen molar-refractivity contribution in [1.29, 1.82) is 0 Å². The van der Waals surface area contributed by atoms with E-state index in [1.54, 1.807) is 0 Å². The quantitative estimate of drug-likeness (QED) is 0.0505. The molecule has 0 unspecified atom stereocenters. The summed E-state index contributed by atoms with van der Waals surface area (Å²) in [4.78, 5) is 43.7. The van der Waals surface area contributed by atoms with Gasteiger partial charge in [-0.25, -0.2) is 4.79 Å². The highest BCUT2D eigenvalue weighted by atomic mass is 32.2. The molecule has 1 fully saturated rings. The molecule has 2 amide bonds. The van der Waals surface area contributed by atoms with Gasteiger partial charge in [-0.1, -0.05) is 68.5 Å². The number of fused-ring (bicyclic) bond motifs is 2. The second-order valence-electron chi connectivity index (χ2n) is 18.5. The van der Waals surface area contributed by atoms with Crippen molar-refractivity contribution in [2.75, 3.05) is 29.5 Å². The molecule has 0 aromatic heterocycles. The largest absolute Gasteiger partial charge is 0.457 e. The highest BCUT2D eigenvalue weighted by molar-refractivity contribution is 7.86. The van der Waals surface area contributed by atoms with Gasteiger partial charge in [0.25, 0.3) is 32.1 Å². The van der Waals surface area contributed by atoms with Gasteiger partial charge in [0.05, 0.1) is 23.3 Å². The summed E-state index contributed by atoms with van der Waals surface area (Å²) in [6, 6.07) is 23.8. The topological polar surface area (TPSA) is 188 Å². The Labute approximate surface area is 393 Å². The highest BCUT2D eigenvalue weighted by Gasteiger charge is 2.44. The molecule has 1 aliphatic carbocycles. The number of carbonyl (C=O) groups is 3. The normalized spacial score (nSPS) is 19.3. The smallest absolute Gasteiger partial charge is 0.333 e. The number of amides is 2. The average Bonchev–Trinajstić information content (AvgIpc) is 3.79. The lowest BCUT2D eigenvalue weighted by molar-refractivity contribution is -0.438. The molecule has 3 aromatic carbocycles. The third-order valence-electron chi connectivity index (χ3n) is 13.0. The fourth-order valence-corrected chi connectivity index (χ4v) is 10.6. The maximum absolute atomic E-state index is 12.5. The molecule has 3 aliphatic heterocycles. The van der Waals surface area contributed by atoms with Crippen molar-refractivity contribution < 1.29 is 54.5 Å². The zero-order valence-electron chi connectivity index (χ0n) is 38.6. The number of carbonyl (C=O) groups excluding carboxylic acids is 3. The van der Waals surface area contributed by atoms with E-state index in [0.29, 0.717) is 61.8 Å². The number of aryl methyl sites for hydroxylation is 1. The number of unbranched alkanes of at least 4 members (excludes halogenated alkanes) is 2. The van der Waals surface area contributed by atoms with Crippen molar-refractivity contribution in [2.24, 2.45) is 0 Å². The average molecular weight is 955 g/mol. The van der Waals surface area contributed by atoms with Gasteiger partial charge in [0.2, 0.25) is 5.69 Å². The Balaban J connectivity index is 1.23. The van der Waals surface area contributed by atoms with E-state index < -0.39 is 38.0 Å². The molecule has 4 aliphatic rings. The van der Waals surface area contributed by atoms with E-state index in [1.807, 2.05) is 48.5 Å². The molecule has 0 spiro atoms. The van der Waals surface area contributed by atoms with E-state index in [-0.39, 0.29) is 41.6 Å². The van der Waals surface area contributed by atoms with Crippen LogP contribution in [0.5, 0.6) is 5.75 Å². The van der Waals surface area contributed by atoms with Gasteiger partial charge < -0.3 is 14.5 Å². The minimum atomic E-state index is -4.08. The van der Waals surface area contributed by atoms with Crippen LogP contribution in [0, 0.1) is 0 Å². The van der Waals surface area contributed by atoms with E-state index in [1.165, 1.54) is 0 Å². The summed E-state index contributed by atoms with van der Waals surface area (Å²) in [7, 11) is -8.16. The standard InChI is InChI=1S/C51H59N3O11S2/c1-50(2)40-16-5-7-18-42(40)52(32-9-11-34-66(58,59)60)44(50)27-23-37-14-13-15-38(24-28-45-51(3,4)41-17-6-8-19-43(41)53(45)33-10-12-35-67(61,62)63)49(37)64-39-25-20-36(21-26-39)22-31-48(57)65-54-46(55)29-30-47(54)56/h5-8,16-21,23-28H,9-15,22,29-35H2,1-4H3,(H-,58,59,60,61,62,63)/p+1. The van der Waals surface area contributed by atoms with Gasteiger partial charge in [0.15, 0.2) is 5.71 Å². The molecule has 0 bridgehead atoms. The zero-order chi connectivity index (χ0) is 48.1. The van der Waals surface area contributed by atoms with E-state index in [2.05, 4.69) is 85.7 Å². The lowest BCUT2D eigenvalue weighted by Crippen LogP contribution is -2.32. The number of hydroxylamine groups is 2. The van der Waals surface area contributed by atoms with Gasteiger partial charge in [0, 0.05) is 60.3 Å². The molecule has 356 valence electrons. The van der Waals surface area contributed by atoms with Crippen LogP contribution in [-0.4, -0.2) is 83.7 Å². The predicted molar refractivity (Wildman–Crippen MR) is 256 cm³/mol. The van der Waals surface area contributed by atoms with Crippen LogP contribution in [0.15, 0.2) is 120 Å². The molecule has 3 heterocycles. The summed E-state index contributed by atoms with van der Waals surface area (Å²) in [5, 5.41) is 0.554. The first-order valence-electron chi connectivity index (χ1n) is 22.9. The molecule has 16 heteroatoms. The molecule has 0 saturated carbocycles. The van der Waals surface area contributed by atoms with Crippen LogP contribution in [-0.2, 0) is 56.7 Å². The molecular formula is C51H60N3O11S2+. The Morgan fingerprint density at radius 1 is 0.746 bits per heavy atom. The number of hydrogen-bond donors (Lipinski definition) is 2.